The number of ether oxygens (including phenoxy) is 1. The van der Waals surface area contributed by atoms with E-state index in [-0.39, 0.29) is 6.16 Å². The van der Waals surface area contributed by atoms with Gasteiger partial charge in [0, 0.05) is 11.7 Å². The van der Waals surface area contributed by atoms with Crippen LogP contribution in [0.3, 0.4) is 0 Å². The molecule has 1 unspecified atom stereocenters. The lowest BCUT2D eigenvalue weighted by atomic mass is 9.88. The molecule has 2 saturated carbocycles. The van der Waals surface area contributed by atoms with E-state index in [1.165, 1.54) is 25.7 Å². The molecule has 2 aliphatic rings. The molecule has 4 nitrogen and oxygen atoms in total. The monoisotopic (exact) mass is 356 g/mol. The van der Waals surface area contributed by atoms with Crippen LogP contribution in [0.15, 0.2) is 11.6 Å². The number of carbonyl (C=O) groups excluding carboxylic acids is 1. The van der Waals surface area contributed by atoms with Gasteiger partial charge in [0.15, 0.2) is 0 Å². The Morgan fingerprint density at radius 1 is 1.08 bits per heavy atom. The third-order valence-corrected chi connectivity index (χ3v) is 7.23. The second-order valence-electron chi connectivity index (χ2n) is 7.50. The molecule has 0 radical (unpaired) electrons. The lowest BCUT2D eigenvalue weighted by molar-refractivity contribution is -0.138. The molecule has 0 spiro atoms. The fraction of sp³-hybridized carbons (Fsp3) is 0.842. The zero-order valence-corrected chi connectivity index (χ0v) is 15.9. The summed E-state index contributed by atoms with van der Waals surface area (Å²) in [6.07, 6.45) is 13.7. The molecule has 0 heterocycles. The van der Waals surface area contributed by atoms with E-state index in [1.807, 2.05) is 6.08 Å². The number of hydrogen-bond donors (Lipinski definition) is 1. The van der Waals surface area contributed by atoms with Crippen LogP contribution in [0.1, 0.15) is 71.1 Å². The van der Waals surface area contributed by atoms with Crippen LogP contribution >= 0.6 is 7.37 Å². The smallest absolute Gasteiger partial charge is 0.334 e. The third kappa shape index (κ3) is 6.72. The first-order valence-electron chi connectivity index (χ1n) is 9.69. The fourth-order valence-corrected chi connectivity index (χ4v) is 6.17. The van der Waals surface area contributed by atoms with E-state index in [4.69, 9.17) is 4.74 Å². The Hall–Kier alpha value is -0.600. The second kappa shape index (κ2) is 9.77. The maximum Gasteiger partial charge on any atom is 0.334 e. The number of carbonyl (C=O) groups is 1. The maximum absolute atomic E-state index is 12.7. The molecular weight excluding hydrogens is 323 g/mol. The molecule has 0 amide bonds. The quantitative estimate of drug-likeness (QED) is 0.400. The zero-order chi connectivity index (χ0) is 17.4. The number of esters is 1. The van der Waals surface area contributed by atoms with Crippen molar-refractivity contribution in [3.05, 3.63) is 11.6 Å². The summed E-state index contributed by atoms with van der Waals surface area (Å²) < 4.78 is 17.9. The predicted octanol–water partition coefficient (Wildman–Crippen LogP) is 4.91. The lowest BCUT2D eigenvalue weighted by Gasteiger charge is -2.25. The van der Waals surface area contributed by atoms with Gasteiger partial charge in [-0.1, -0.05) is 44.6 Å². The maximum atomic E-state index is 12.7. The van der Waals surface area contributed by atoms with Crippen LogP contribution in [0.25, 0.3) is 0 Å². The Morgan fingerprint density at radius 2 is 1.67 bits per heavy atom. The van der Waals surface area contributed by atoms with Gasteiger partial charge >= 0.3 is 5.97 Å². The minimum atomic E-state index is -3.33. The number of hydrogen-bond acceptors (Lipinski definition) is 3. The normalized spacial score (nSPS) is 23.7. The van der Waals surface area contributed by atoms with Crippen molar-refractivity contribution in [2.45, 2.75) is 71.1 Å². The van der Waals surface area contributed by atoms with E-state index >= 15 is 0 Å². The van der Waals surface area contributed by atoms with E-state index in [1.54, 1.807) is 6.92 Å². The van der Waals surface area contributed by atoms with Gasteiger partial charge in [-0.3, -0.25) is 4.57 Å². The summed E-state index contributed by atoms with van der Waals surface area (Å²) >= 11 is 0. The molecule has 0 aromatic carbocycles. The van der Waals surface area contributed by atoms with Gasteiger partial charge in [-0.25, -0.2) is 4.79 Å². The van der Waals surface area contributed by atoms with Gasteiger partial charge in [0.05, 0.1) is 12.8 Å². The average molecular weight is 356 g/mol. The van der Waals surface area contributed by atoms with E-state index in [9.17, 15) is 14.3 Å². The second-order valence-corrected chi connectivity index (χ2v) is 9.88. The first-order chi connectivity index (χ1) is 11.5. The Labute approximate surface area is 146 Å². The van der Waals surface area contributed by atoms with Gasteiger partial charge in [0.1, 0.15) is 0 Å². The SMILES string of the molecule is CCOC(=O)/C(=C\C1CCCCC1)CP(=O)(O)CC1CCCCC1. The Bertz CT molecular complexity index is 474. The molecule has 2 fully saturated rings. The van der Waals surface area contributed by atoms with E-state index in [2.05, 4.69) is 0 Å². The van der Waals surface area contributed by atoms with Gasteiger partial charge in [-0.2, -0.15) is 0 Å². The van der Waals surface area contributed by atoms with Crippen LogP contribution in [-0.2, 0) is 14.1 Å². The van der Waals surface area contributed by atoms with Crippen LogP contribution < -0.4 is 0 Å². The van der Waals surface area contributed by atoms with Crippen molar-refractivity contribution in [2.24, 2.45) is 11.8 Å². The molecule has 1 N–H and O–H groups in total. The highest BCUT2D eigenvalue weighted by molar-refractivity contribution is 7.58. The fourth-order valence-electron chi connectivity index (χ4n) is 4.10. The summed E-state index contributed by atoms with van der Waals surface area (Å²) in [5, 5.41) is 0. The molecule has 138 valence electrons. The van der Waals surface area contributed by atoms with Crippen LogP contribution in [0, 0.1) is 11.8 Å². The lowest BCUT2D eigenvalue weighted by Crippen LogP contribution is -2.17. The van der Waals surface area contributed by atoms with E-state index < -0.39 is 13.3 Å². The summed E-state index contributed by atoms with van der Waals surface area (Å²) in [7, 11) is -3.33. The summed E-state index contributed by atoms with van der Waals surface area (Å²) in [5.74, 6) is 0.293. The highest BCUT2D eigenvalue weighted by Crippen LogP contribution is 2.47. The van der Waals surface area contributed by atoms with Crippen LogP contribution in [-0.4, -0.2) is 29.8 Å². The van der Waals surface area contributed by atoms with Gasteiger partial charge in [0.25, 0.3) is 0 Å². The molecule has 2 rings (SSSR count). The largest absolute Gasteiger partial charge is 0.463 e. The minimum Gasteiger partial charge on any atom is -0.463 e. The minimum absolute atomic E-state index is 0.0150. The number of allylic oxidation sites excluding steroid dienone is 1. The van der Waals surface area contributed by atoms with Gasteiger partial charge < -0.3 is 9.63 Å². The van der Waals surface area contributed by atoms with Gasteiger partial charge in [0.2, 0.25) is 7.37 Å². The molecule has 1 atom stereocenters. The van der Waals surface area contributed by atoms with Gasteiger partial charge in [-0.15, -0.1) is 0 Å². The Balaban J connectivity index is 2.03. The first-order valence-corrected chi connectivity index (χ1v) is 11.7. The van der Waals surface area contributed by atoms with Crippen molar-refractivity contribution in [3.63, 3.8) is 0 Å². The summed E-state index contributed by atoms with van der Waals surface area (Å²) in [6.45, 7) is 2.08. The van der Waals surface area contributed by atoms with E-state index in [0.29, 0.717) is 30.2 Å². The number of rotatable bonds is 7. The first kappa shape index (κ1) is 19.7. The average Bonchev–Trinajstić information content (AvgIpc) is 2.55. The van der Waals surface area contributed by atoms with Crippen molar-refractivity contribution < 1.29 is 19.0 Å². The molecule has 0 bridgehead atoms. The van der Waals surface area contributed by atoms with Crippen molar-refractivity contribution >= 4 is 13.3 Å². The highest BCUT2D eigenvalue weighted by atomic mass is 31.2. The summed E-state index contributed by atoms with van der Waals surface area (Å²) in [5.41, 5.74) is 0.436. The van der Waals surface area contributed by atoms with Crippen LogP contribution in [0.2, 0.25) is 0 Å². The molecule has 0 aromatic heterocycles. The van der Waals surface area contributed by atoms with Gasteiger partial charge in [-0.05, 0) is 44.4 Å². The van der Waals surface area contributed by atoms with Crippen LogP contribution in [0.4, 0.5) is 0 Å². The van der Waals surface area contributed by atoms with Crippen molar-refractivity contribution in [2.75, 3.05) is 18.9 Å². The Morgan fingerprint density at radius 3 is 2.25 bits per heavy atom. The Kier molecular flexibility index (Phi) is 8.03. The summed E-state index contributed by atoms with van der Waals surface area (Å²) in [6, 6.07) is 0. The van der Waals surface area contributed by atoms with E-state index in [0.717, 1.165) is 38.5 Å². The van der Waals surface area contributed by atoms with Crippen LogP contribution in [0.5, 0.6) is 0 Å². The topological polar surface area (TPSA) is 63.6 Å². The molecule has 0 aromatic rings. The molecule has 2 aliphatic carbocycles. The third-order valence-electron chi connectivity index (χ3n) is 5.31. The standard InChI is InChI=1S/C19H33O4P/c1-2-23-19(20)18(13-16-9-5-3-6-10-16)15-24(21,22)14-17-11-7-4-8-12-17/h13,16-17H,2-12,14-15H2,1H3,(H,21,22)/b18-13-. The summed E-state index contributed by atoms with van der Waals surface area (Å²) in [4.78, 5) is 22.8. The van der Waals surface area contributed by atoms with Crippen molar-refractivity contribution in [3.8, 4) is 0 Å². The predicted molar refractivity (Wildman–Crippen MR) is 97.4 cm³/mol. The molecule has 0 saturated heterocycles. The molecule has 0 aliphatic heterocycles. The molecule has 24 heavy (non-hydrogen) atoms. The molecular formula is C19H33O4P. The van der Waals surface area contributed by atoms with Crippen molar-refractivity contribution in [1.82, 2.24) is 0 Å². The van der Waals surface area contributed by atoms with Crippen molar-refractivity contribution in [1.29, 1.82) is 0 Å². The molecule has 5 heteroatoms. The zero-order valence-electron chi connectivity index (χ0n) is 15.0. The highest BCUT2D eigenvalue weighted by Gasteiger charge is 2.29.